The molecule has 9 nitrogen and oxygen atoms in total. The van der Waals surface area contributed by atoms with Crippen LogP contribution in [-0.4, -0.2) is 42.9 Å². The maximum absolute atomic E-state index is 12.4. The third-order valence-electron chi connectivity index (χ3n) is 5.64. The minimum absolute atomic E-state index is 0.0230. The first kappa shape index (κ1) is 19.8. The van der Waals surface area contributed by atoms with E-state index in [1.807, 2.05) is 25.2 Å². The monoisotopic (exact) mass is 439 g/mol. The van der Waals surface area contributed by atoms with Gasteiger partial charge >= 0.3 is 6.09 Å². The van der Waals surface area contributed by atoms with Crippen LogP contribution in [0.25, 0.3) is 33.5 Å². The predicted molar refractivity (Wildman–Crippen MR) is 118 cm³/mol. The topological polar surface area (TPSA) is 124 Å². The van der Waals surface area contributed by atoms with Crippen LogP contribution in [0.2, 0.25) is 5.02 Å². The summed E-state index contributed by atoms with van der Waals surface area (Å²) in [5, 5.41) is 9.02. The summed E-state index contributed by atoms with van der Waals surface area (Å²) in [5.74, 6) is 0.310. The van der Waals surface area contributed by atoms with Crippen LogP contribution >= 0.6 is 11.6 Å². The molecule has 160 valence electrons. The van der Waals surface area contributed by atoms with Gasteiger partial charge in [-0.25, -0.2) is 14.8 Å². The molecule has 31 heavy (non-hydrogen) atoms. The zero-order chi connectivity index (χ0) is 21.5. The lowest BCUT2D eigenvalue weighted by Crippen LogP contribution is -2.43. The van der Waals surface area contributed by atoms with Crippen LogP contribution in [0.15, 0.2) is 30.6 Å². The SMILES string of the molecule is Cn1nc(-c2cnc3[nH]cc(OC(=O)NC4CCCC(N)C4)c3n2)c2ccc(Cl)cc21. The summed E-state index contributed by atoms with van der Waals surface area (Å²) in [6.45, 7) is 0. The van der Waals surface area contributed by atoms with Crippen LogP contribution in [0.5, 0.6) is 5.75 Å². The molecule has 0 bridgehead atoms. The second-order valence-corrected chi connectivity index (χ2v) is 8.33. The number of ether oxygens (including phenoxy) is 1. The third kappa shape index (κ3) is 3.82. The summed E-state index contributed by atoms with van der Waals surface area (Å²) in [4.78, 5) is 24.5. The number of nitrogens with one attached hydrogen (secondary N) is 2. The van der Waals surface area contributed by atoms with Gasteiger partial charge in [0.05, 0.1) is 11.7 Å². The number of carbonyl (C=O) groups is 1. The van der Waals surface area contributed by atoms with E-state index in [1.165, 1.54) is 0 Å². The fourth-order valence-corrected chi connectivity index (χ4v) is 4.30. The smallest absolute Gasteiger partial charge is 0.406 e. The summed E-state index contributed by atoms with van der Waals surface area (Å²) in [5.41, 5.74) is 9.12. The number of H-pyrrole nitrogens is 1. The molecule has 1 fully saturated rings. The zero-order valence-corrected chi connectivity index (χ0v) is 17.7. The number of fused-ring (bicyclic) bond motifs is 2. The normalized spacial score (nSPS) is 19.1. The van der Waals surface area contributed by atoms with Crippen molar-refractivity contribution in [2.75, 3.05) is 0 Å². The fourth-order valence-electron chi connectivity index (χ4n) is 4.14. The Balaban J connectivity index is 1.43. The van der Waals surface area contributed by atoms with Gasteiger partial charge in [-0.15, -0.1) is 0 Å². The van der Waals surface area contributed by atoms with Gasteiger partial charge in [0.25, 0.3) is 0 Å². The number of amides is 1. The number of hydrogen-bond donors (Lipinski definition) is 3. The second-order valence-electron chi connectivity index (χ2n) is 7.90. The molecule has 3 aromatic heterocycles. The van der Waals surface area contributed by atoms with Crippen molar-refractivity contribution < 1.29 is 9.53 Å². The van der Waals surface area contributed by atoms with Crippen molar-refractivity contribution in [2.24, 2.45) is 12.8 Å². The van der Waals surface area contributed by atoms with E-state index < -0.39 is 6.09 Å². The Morgan fingerprint density at radius 3 is 3.10 bits per heavy atom. The molecule has 0 spiro atoms. The Bertz CT molecular complexity index is 1280. The van der Waals surface area contributed by atoms with Crippen molar-refractivity contribution in [3.63, 3.8) is 0 Å². The van der Waals surface area contributed by atoms with E-state index in [-0.39, 0.29) is 12.1 Å². The molecule has 10 heteroatoms. The highest BCUT2D eigenvalue weighted by molar-refractivity contribution is 6.31. The van der Waals surface area contributed by atoms with Crippen LogP contribution in [0.1, 0.15) is 25.7 Å². The largest absolute Gasteiger partial charge is 0.412 e. The molecule has 1 aliphatic carbocycles. The van der Waals surface area contributed by atoms with Crippen LogP contribution < -0.4 is 15.8 Å². The van der Waals surface area contributed by atoms with E-state index >= 15 is 0 Å². The molecule has 1 saturated carbocycles. The Morgan fingerprint density at radius 2 is 2.26 bits per heavy atom. The van der Waals surface area contributed by atoms with Crippen molar-refractivity contribution in [2.45, 2.75) is 37.8 Å². The Kier molecular flexibility index (Phi) is 4.99. The lowest BCUT2D eigenvalue weighted by Gasteiger charge is -2.26. The quantitative estimate of drug-likeness (QED) is 0.448. The highest BCUT2D eigenvalue weighted by Crippen LogP contribution is 2.30. The number of nitrogens with zero attached hydrogens (tertiary/aromatic N) is 4. The zero-order valence-electron chi connectivity index (χ0n) is 16.9. The third-order valence-corrected chi connectivity index (χ3v) is 5.88. The van der Waals surface area contributed by atoms with Crippen LogP contribution in [0.3, 0.4) is 0 Å². The van der Waals surface area contributed by atoms with Crippen LogP contribution in [0, 0.1) is 0 Å². The number of benzene rings is 1. The van der Waals surface area contributed by atoms with Crippen molar-refractivity contribution in [3.05, 3.63) is 35.6 Å². The molecule has 1 amide bonds. The molecule has 1 aliphatic rings. The average molecular weight is 440 g/mol. The standard InChI is InChI=1S/C21H22ClN7O2/c1-29-16-7-11(22)5-6-14(16)18(28-29)15-9-24-20-19(27-15)17(10-25-20)31-21(30)26-13-4-2-3-12(23)8-13/h5-7,9-10,12-13H,2-4,8,23H2,1H3,(H,24,25)(H,26,30). The lowest BCUT2D eigenvalue weighted by molar-refractivity contribution is 0.191. The summed E-state index contributed by atoms with van der Waals surface area (Å²) in [7, 11) is 1.85. The Labute approximate surface area is 182 Å². The molecular weight excluding hydrogens is 418 g/mol. The Hall–Kier alpha value is -3.17. The number of carbonyl (C=O) groups excluding carboxylic acids is 1. The first-order valence-corrected chi connectivity index (χ1v) is 10.6. The van der Waals surface area contributed by atoms with E-state index in [1.54, 1.807) is 17.1 Å². The van der Waals surface area contributed by atoms with Gasteiger partial charge < -0.3 is 20.8 Å². The molecule has 4 aromatic rings. The number of halogens is 1. The highest BCUT2D eigenvalue weighted by atomic mass is 35.5. The number of nitrogens with two attached hydrogens (primary N) is 1. The molecule has 3 heterocycles. The van der Waals surface area contributed by atoms with E-state index in [0.29, 0.717) is 33.3 Å². The van der Waals surface area contributed by atoms with E-state index in [9.17, 15) is 4.79 Å². The van der Waals surface area contributed by atoms with Gasteiger partial charge in [-0.3, -0.25) is 4.68 Å². The van der Waals surface area contributed by atoms with Gasteiger partial charge in [-0.2, -0.15) is 5.10 Å². The summed E-state index contributed by atoms with van der Waals surface area (Å²) in [6, 6.07) is 5.71. The number of hydrogen-bond acceptors (Lipinski definition) is 6. The van der Waals surface area contributed by atoms with Crippen molar-refractivity contribution >= 4 is 39.8 Å². The maximum atomic E-state index is 12.4. The highest BCUT2D eigenvalue weighted by Gasteiger charge is 2.22. The molecule has 0 aliphatic heterocycles. The van der Waals surface area contributed by atoms with Gasteiger partial charge in [0.15, 0.2) is 16.9 Å². The molecular formula is C21H22ClN7O2. The van der Waals surface area contributed by atoms with Crippen molar-refractivity contribution in [1.29, 1.82) is 0 Å². The molecule has 5 rings (SSSR count). The second kappa shape index (κ2) is 7.82. The van der Waals surface area contributed by atoms with Gasteiger partial charge in [-0.05, 0) is 43.9 Å². The average Bonchev–Trinajstić information content (AvgIpc) is 3.28. The maximum Gasteiger partial charge on any atom is 0.412 e. The molecule has 1 aromatic carbocycles. The number of aryl methyl sites for hydroxylation is 1. The molecule has 2 unspecified atom stereocenters. The fraction of sp³-hybridized carbons (Fsp3) is 0.333. The number of aromatic nitrogens is 5. The molecule has 2 atom stereocenters. The summed E-state index contributed by atoms with van der Waals surface area (Å²) >= 11 is 6.12. The molecule has 0 saturated heterocycles. The van der Waals surface area contributed by atoms with Crippen LogP contribution in [-0.2, 0) is 7.05 Å². The van der Waals surface area contributed by atoms with E-state index in [2.05, 4.69) is 25.4 Å². The summed E-state index contributed by atoms with van der Waals surface area (Å²) < 4.78 is 7.29. The lowest BCUT2D eigenvalue weighted by atomic mass is 9.92. The molecule has 0 radical (unpaired) electrons. The van der Waals surface area contributed by atoms with Gasteiger partial charge in [-0.1, -0.05) is 11.6 Å². The minimum Gasteiger partial charge on any atom is -0.406 e. The van der Waals surface area contributed by atoms with Crippen molar-refractivity contribution in [1.82, 2.24) is 30.0 Å². The van der Waals surface area contributed by atoms with Crippen molar-refractivity contribution in [3.8, 4) is 17.1 Å². The molecule has 4 N–H and O–H groups in total. The number of aromatic amines is 1. The first-order valence-electron chi connectivity index (χ1n) is 10.2. The van der Waals surface area contributed by atoms with Gasteiger partial charge in [0, 0.05) is 35.7 Å². The predicted octanol–water partition coefficient (Wildman–Crippen LogP) is 3.52. The number of rotatable bonds is 3. The Morgan fingerprint density at radius 1 is 1.39 bits per heavy atom. The van der Waals surface area contributed by atoms with Gasteiger partial charge in [0.2, 0.25) is 0 Å². The summed E-state index contributed by atoms with van der Waals surface area (Å²) in [6.07, 6.45) is 6.34. The first-order chi connectivity index (χ1) is 15.0. The van der Waals surface area contributed by atoms with E-state index in [4.69, 9.17) is 22.1 Å². The minimum atomic E-state index is -0.523. The van der Waals surface area contributed by atoms with Gasteiger partial charge in [0.1, 0.15) is 11.4 Å². The van der Waals surface area contributed by atoms with Crippen LogP contribution in [0.4, 0.5) is 4.79 Å². The van der Waals surface area contributed by atoms with E-state index in [0.717, 1.165) is 36.6 Å².